The van der Waals surface area contributed by atoms with Crippen molar-refractivity contribution in [3.63, 3.8) is 0 Å². The molecule has 0 spiro atoms. The van der Waals surface area contributed by atoms with Crippen molar-refractivity contribution in [3.8, 4) is 0 Å². The maximum Gasteiger partial charge on any atom is 0.357 e. The van der Waals surface area contributed by atoms with Gasteiger partial charge in [0.2, 0.25) is 0 Å². The molecule has 1 fully saturated rings. The molecule has 0 aromatic carbocycles. The van der Waals surface area contributed by atoms with Crippen molar-refractivity contribution >= 4 is 12.0 Å². The van der Waals surface area contributed by atoms with Crippen LogP contribution in [0, 0.1) is 5.41 Å². The number of nitrogens with zero attached hydrogens (tertiary/aromatic N) is 1. The fourth-order valence-corrected chi connectivity index (χ4v) is 2.16. The van der Waals surface area contributed by atoms with Gasteiger partial charge >= 0.3 is 5.97 Å². The van der Waals surface area contributed by atoms with Crippen LogP contribution in [0.2, 0.25) is 0 Å². The number of carboxylic acids is 1. The predicted molar refractivity (Wildman–Crippen MR) is 63.1 cm³/mol. The van der Waals surface area contributed by atoms with E-state index in [1.54, 1.807) is 0 Å². The van der Waals surface area contributed by atoms with Gasteiger partial charge in [-0.15, -0.1) is 0 Å². The van der Waals surface area contributed by atoms with Gasteiger partial charge in [-0.1, -0.05) is 13.8 Å². The van der Waals surface area contributed by atoms with E-state index in [1.807, 2.05) is 0 Å². The minimum absolute atomic E-state index is 0.0522. The van der Waals surface area contributed by atoms with E-state index >= 15 is 0 Å². The third-order valence-corrected chi connectivity index (χ3v) is 3.39. The van der Waals surface area contributed by atoms with Crippen molar-refractivity contribution in [2.45, 2.75) is 45.6 Å². The Morgan fingerprint density at radius 3 is 2.71 bits per heavy atom. The largest absolute Gasteiger partial charge is 0.476 e. The molecule has 0 unspecified atom stereocenters. The van der Waals surface area contributed by atoms with Gasteiger partial charge in [0.05, 0.1) is 0 Å². The fraction of sp³-hybridized carbons (Fsp3) is 0.667. The quantitative estimate of drug-likeness (QED) is 0.846. The summed E-state index contributed by atoms with van der Waals surface area (Å²) >= 11 is 0. The summed E-state index contributed by atoms with van der Waals surface area (Å²) in [5.74, 6) is -1.06. The lowest BCUT2D eigenvalue weighted by molar-refractivity contribution is 0.0690. The Bertz CT molecular complexity index is 402. The lowest BCUT2D eigenvalue weighted by atomic mass is 9.76. The van der Waals surface area contributed by atoms with E-state index in [4.69, 9.17) is 9.52 Å². The molecule has 0 amide bonds. The highest BCUT2D eigenvalue weighted by Gasteiger charge is 2.27. The van der Waals surface area contributed by atoms with Crippen molar-refractivity contribution < 1.29 is 14.3 Å². The Morgan fingerprint density at radius 1 is 1.53 bits per heavy atom. The first-order valence-corrected chi connectivity index (χ1v) is 5.92. The molecule has 0 radical (unpaired) electrons. The first kappa shape index (κ1) is 12.0. The molecule has 5 nitrogen and oxygen atoms in total. The van der Waals surface area contributed by atoms with Crippen molar-refractivity contribution in [1.82, 2.24) is 4.98 Å². The molecule has 1 aliphatic rings. The standard InChI is InChI=1S/C12H18N2O3/c1-12(2)5-3-8(4-6-12)13-11-14-9(7-17-11)10(15)16/h7-8H,3-6H2,1-2H3,(H,13,14)(H,15,16). The first-order valence-electron chi connectivity index (χ1n) is 5.92. The van der Waals surface area contributed by atoms with Crippen LogP contribution in [0.1, 0.15) is 50.0 Å². The Labute approximate surface area is 100 Å². The van der Waals surface area contributed by atoms with E-state index in [2.05, 4.69) is 24.1 Å². The number of hydrogen-bond donors (Lipinski definition) is 2. The Kier molecular flexibility index (Phi) is 3.09. The number of nitrogens with one attached hydrogen (secondary N) is 1. The van der Waals surface area contributed by atoms with Crippen molar-refractivity contribution in [1.29, 1.82) is 0 Å². The van der Waals surface area contributed by atoms with Crippen LogP contribution in [0.25, 0.3) is 0 Å². The Balaban J connectivity index is 1.91. The molecular formula is C12H18N2O3. The van der Waals surface area contributed by atoms with Crippen LogP contribution in [-0.2, 0) is 0 Å². The molecule has 94 valence electrons. The molecule has 1 aliphatic carbocycles. The van der Waals surface area contributed by atoms with E-state index < -0.39 is 5.97 Å². The number of aromatic carboxylic acids is 1. The number of oxazole rings is 1. The number of rotatable bonds is 3. The summed E-state index contributed by atoms with van der Waals surface area (Å²) in [7, 11) is 0. The number of aromatic nitrogens is 1. The Morgan fingerprint density at radius 2 is 2.18 bits per heavy atom. The molecule has 0 saturated heterocycles. The molecule has 1 aromatic rings. The molecule has 1 aromatic heterocycles. The van der Waals surface area contributed by atoms with Gasteiger partial charge in [-0.2, -0.15) is 4.98 Å². The van der Waals surface area contributed by atoms with E-state index in [9.17, 15) is 4.79 Å². The zero-order valence-electron chi connectivity index (χ0n) is 10.2. The second kappa shape index (κ2) is 4.39. The predicted octanol–water partition coefficient (Wildman–Crippen LogP) is 2.75. The lowest BCUT2D eigenvalue weighted by Crippen LogP contribution is -2.29. The highest BCUT2D eigenvalue weighted by Crippen LogP contribution is 2.35. The number of hydrogen-bond acceptors (Lipinski definition) is 4. The summed E-state index contributed by atoms with van der Waals surface area (Å²) in [5, 5.41) is 11.9. The highest BCUT2D eigenvalue weighted by atomic mass is 16.4. The average molecular weight is 238 g/mol. The van der Waals surface area contributed by atoms with Crippen LogP contribution in [0.3, 0.4) is 0 Å². The second-order valence-corrected chi connectivity index (χ2v) is 5.43. The summed E-state index contributed by atoms with van der Waals surface area (Å²) in [4.78, 5) is 14.5. The maximum absolute atomic E-state index is 10.6. The number of carboxylic acid groups (broad SMARTS) is 1. The fourth-order valence-electron chi connectivity index (χ4n) is 2.16. The lowest BCUT2D eigenvalue weighted by Gasteiger charge is -2.34. The van der Waals surface area contributed by atoms with Crippen LogP contribution in [0.15, 0.2) is 10.7 Å². The topological polar surface area (TPSA) is 75.4 Å². The van der Waals surface area contributed by atoms with Gasteiger partial charge in [0.15, 0.2) is 5.69 Å². The van der Waals surface area contributed by atoms with Crippen LogP contribution in [-0.4, -0.2) is 22.1 Å². The summed E-state index contributed by atoms with van der Waals surface area (Å²) < 4.78 is 5.08. The smallest absolute Gasteiger partial charge is 0.357 e. The van der Waals surface area contributed by atoms with Crippen LogP contribution in [0.4, 0.5) is 6.01 Å². The molecule has 17 heavy (non-hydrogen) atoms. The maximum atomic E-state index is 10.6. The molecule has 2 rings (SSSR count). The van der Waals surface area contributed by atoms with Crippen molar-refractivity contribution in [2.75, 3.05) is 5.32 Å². The van der Waals surface area contributed by atoms with Gasteiger partial charge in [0, 0.05) is 6.04 Å². The van der Waals surface area contributed by atoms with Gasteiger partial charge in [-0.25, -0.2) is 4.79 Å². The molecule has 0 atom stereocenters. The van der Waals surface area contributed by atoms with Crippen LogP contribution >= 0.6 is 0 Å². The number of carbonyl (C=O) groups is 1. The van der Waals surface area contributed by atoms with Gasteiger partial charge in [0.1, 0.15) is 6.26 Å². The third kappa shape index (κ3) is 2.99. The molecule has 1 heterocycles. The highest BCUT2D eigenvalue weighted by molar-refractivity contribution is 5.85. The molecule has 1 saturated carbocycles. The second-order valence-electron chi connectivity index (χ2n) is 5.43. The van der Waals surface area contributed by atoms with E-state index in [1.165, 1.54) is 0 Å². The zero-order valence-corrected chi connectivity index (χ0v) is 10.2. The SMILES string of the molecule is CC1(C)CCC(Nc2nc(C(=O)O)co2)CC1. The van der Waals surface area contributed by atoms with E-state index in [-0.39, 0.29) is 5.69 Å². The first-order chi connectivity index (χ1) is 7.96. The van der Waals surface area contributed by atoms with Gasteiger partial charge in [-0.05, 0) is 31.1 Å². The molecular weight excluding hydrogens is 220 g/mol. The van der Waals surface area contributed by atoms with Crippen molar-refractivity contribution in [2.24, 2.45) is 5.41 Å². The van der Waals surface area contributed by atoms with Crippen LogP contribution in [0.5, 0.6) is 0 Å². The normalized spacial score (nSPS) is 20.1. The molecule has 5 heteroatoms. The summed E-state index contributed by atoms with van der Waals surface area (Å²) in [6, 6.07) is 0.649. The summed E-state index contributed by atoms with van der Waals surface area (Å²) in [6.07, 6.45) is 5.63. The van der Waals surface area contributed by atoms with E-state index in [0.29, 0.717) is 17.5 Å². The minimum Gasteiger partial charge on any atom is -0.476 e. The molecule has 2 N–H and O–H groups in total. The van der Waals surface area contributed by atoms with Gasteiger partial charge in [-0.3, -0.25) is 0 Å². The van der Waals surface area contributed by atoms with Gasteiger partial charge in [0.25, 0.3) is 6.01 Å². The van der Waals surface area contributed by atoms with Crippen LogP contribution < -0.4 is 5.32 Å². The van der Waals surface area contributed by atoms with Crippen molar-refractivity contribution in [3.05, 3.63) is 12.0 Å². The third-order valence-electron chi connectivity index (χ3n) is 3.39. The molecule has 0 aliphatic heterocycles. The average Bonchev–Trinajstić information content (AvgIpc) is 2.70. The summed E-state index contributed by atoms with van der Waals surface area (Å²) in [6.45, 7) is 4.55. The molecule has 0 bridgehead atoms. The Hall–Kier alpha value is -1.52. The monoisotopic (exact) mass is 238 g/mol. The van der Waals surface area contributed by atoms with E-state index in [0.717, 1.165) is 31.9 Å². The summed E-state index contributed by atoms with van der Waals surface area (Å²) in [5.41, 5.74) is 0.365. The minimum atomic E-state index is -1.06. The zero-order chi connectivity index (χ0) is 12.5. The number of anilines is 1. The van der Waals surface area contributed by atoms with Gasteiger partial charge < -0.3 is 14.8 Å².